The summed E-state index contributed by atoms with van der Waals surface area (Å²) in [6.07, 6.45) is 1.69. The molecule has 3 aromatic carbocycles. The molecule has 5 aromatic rings. The van der Waals surface area contributed by atoms with Crippen molar-refractivity contribution >= 4 is 46.2 Å². The molecule has 0 radical (unpaired) electrons. The Kier molecular flexibility index (Phi) is 8.70. The Morgan fingerprint density at radius 2 is 1.62 bits per heavy atom. The lowest BCUT2D eigenvalue weighted by molar-refractivity contribution is 0.0599. The van der Waals surface area contributed by atoms with Crippen LogP contribution in [0.15, 0.2) is 63.9 Å². The number of hydrogen-bond donors (Lipinski definition) is 4. The maximum absolute atomic E-state index is 12.1. The first kappa shape index (κ1) is 29.5. The van der Waals surface area contributed by atoms with Gasteiger partial charge in [-0.05, 0) is 93.3 Å². The zero-order valence-electron chi connectivity index (χ0n) is 24.1. The largest absolute Gasteiger partial charge is 0.478 e. The second kappa shape index (κ2) is 12.4. The lowest BCUT2D eigenvalue weighted by atomic mass is 10.0. The van der Waals surface area contributed by atoms with Gasteiger partial charge in [0.2, 0.25) is 5.95 Å². The zero-order chi connectivity index (χ0) is 30.6. The molecule has 2 heterocycles. The van der Waals surface area contributed by atoms with Crippen molar-refractivity contribution in [3.8, 4) is 0 Å². The number of H-pyrrole nitrogens is 1. The number of benzene rings is 3. The molecule has 0 aliphatic carbocycles. The van der Waals surface area contributed by atoms with E-state index in [0.29, 0.717) is 39.7 Å². The van der Waals surface area contributed by atoms with E-state index >= 15 is 0 Å². The maximum Gasteiger partial charge on any atom is 0.417 e. The van der Waals surface area contributed by atoms with Crippen molar-refractivity contribution in [3.05, 3.63) is 104 Å². The molecule has 0 fully saturated rings. The van der Waals surface area contributed by atoms with Crippen LogP contribution in [0.1, 0.15) is 48.5 Å². The highest BCUT2D eigenvalue weighted by molar-refractivity contribution is 5.93. The number of carbonyl (C=O) groups excluding carboxylic acids is 1. The quantitative estimate of drug-likeness (QED) is 0.176. The average molecular weight is 570 g/mol. The van der Waals surface area contributed by atoms with Crippen molar-refractivity contribution in [2.75, 3.05) is 17.7 Å². The molecule has 0 bridgehead atoms. The molecule has 0 aliphatic heterocycles. The SMILES string of the molecule is COC(=O)c1cc(Nc2ncc(C)c(Nc3ccc4oc(=O)[nH]c4c3)n2)cc(C)c1C.Cc1cccc(C(=O)O)c1C. The Hall–Kier alpha value is -5.45. The summed E-state index contributed by atoms with van der Waals surface area (Å²) < 4.78 is 9.90. The van der Waals surface area contributed by atoms with Crippen LogP contribution in [0.5, 0.6) is 0 Å². The van der Waals surface area contributed by atoms with Crippen LogP contribution >= 0.6 is 0 Å². The monoisotopic (exact) mass is 569 g/mol. The van der Waals surface area contributed by atoms with E-state index in [4.69, 9.17) is 14.3 Å². The summed E-state index contributed by atoms with van der Waals surface area (Å²) in [5, 5.41) is 15.1. The third kappa shape index (κ3) is 6.64. The number of aromatic nitrogens is 3. The van der Waals surface area contributed by atoms with Gasteiger partial charge in [0.25, 0.3) is 0 Å². The molecule has 0 unspecified atom stereocenters. The van der Waals surface area contributed by atoms with E-state index in [1.807, 2.05) is 46.8 Å². The van der Waals surface area contributed by atoms with Crippen molar-refractivity contribution in [1.29, 1.82) is 0 Å². The second-order valence-corrected chi connectivity index (χ2v) is 9.71. The minimum absolute atomic E-state index is 0.366. The van der Waals surface area contributed by atoms with Crippen LogP contribution in [0.25, 0.3) is 11.1 Å². The fraction of sp³-hybridized carbons (Fsp3) is 0.194. The summed E-state index contributed by atoms with van der Waals surface area (Å²) in [5.41, 5.74) is 7.86. The number of aromatic amines is 1. The normalized spacial score (nSPS) is 10.5. The maximum atomic E-state index is 12.1. The topological polar surface area (TPSA) is 159 Å². The highest BCUT2D eigenvalue weighted by atomic mass is 16.5. The van der Waals surface area contributed by atoms with E-state index < -0.39 is 17.7 Å². The number of esters is 1. The highest BCUT2D eigenvalue weighted by Gasteiger charge is 2.14. The molecule has 0 atom stereocenters. The number of methoxy groups -OCH3 is 1. The number of carboxylic acid groups (broad SMARTS) is 1. The van der Waals surface area contributed by atoms with Gasteiger partial charge in [0.05, 0.1) is 23.8 Å². The minimum Gasteiger partial charge on any atom is -0.478 e. The number of carboxylic acids is 1. The fourth-order valence-corrected chi connectivity index (χ4v) is 4.16. The Morgan fingerprint density at radius 3 is 2.31 bits per heavy atom. The molecule has 0 saturated heterocycles. The average Bonchev–Trinajstić information content (AvgIpc) is 3.33. The van der Waals surface area contributed by atoms with Crippen LogP contribution in [-0.2, 0) is 4.74 Å². The number of carbonyl (C=O) groups is 2. The molecule has 11 nitrogen and oxygen atoms in total. The van der Waals surface area contributed by atoms with Crippen LogP contribution in [0, 0.1) is 34.6 Å². The van der Waals surface area contributed by atoms with Crippen molar-refractivity contribution < 1.29 is 23.8 Å². The number of aryl methyl sites for hydroxylation is 3. The summed E-state index contributed by atoms with van der Waals surface area (Å²) >= 11 is 0. The number of oxazole rings is 1. The molecule has 216 valence electrons. The smallest absolute Gasteiger partial charge is 0.417 e. The molecule has 2 aromatic heterocycles. The Bertz CT molecular complexity index is 1860. The van der Waals surface area contributed by atoms with Crippen LogP contribution in [0.2, 0.25) is 0 Å². The van der Waals surface area contributed by atoms with Gasteiger partial charge in [-0.2, -0.15) is 4.98 Å². The number of nitrogens with one attached hydrogen (secondary N) is 3. The van der Waals surface area contributed by atoms with E-state index in [2.05, 4.69) is 25.6 Å². The standard InChI is InChI=1S/C22H21N5O4.C9H10O2/c1-11-7-15(8-16(13(11)3)20(28)30-4)25-21-23-10-12(2)19(27-21)24-14-5-6-18-17(9-14)26-22(29)31-18;1-6-4-3-5-8(7(6)2)9(10)11/h5-10H,1-4H3,(H,26,29)(H2,23,24,25,27);3-5H,1-2H3,(H,10,11). The number of hydrogen-bond acceptors (Lipinski definition) is 9. The van der Waals surface area contributed by atoms with Crippen LogP contribution in [0.3, 0.4) is 0 Å². The molecule has 0 aliphatic rings. The molecule has 42 heavy (non-hydrogen) atoms. The molecular formula is C31H31N5O6. The van der Waals surface area contributed by atoms with Crippen molar-refractivity contribution in [2.45, 2.75) is 34.6 Å². The van der Waals surface area contributed by atoms with Crippen LogP contribution < -0.4 is 16.4 Å². The Balaban J connectivity index is 0.000000310. The number of nitrogens with zero attached hydrogens (tertiary/aromatic N) is 2. The lowest BCUT2D eigenvalue weighted by Gasteiger charge is -2.13. The van der Waals surface area contributed by atoms with Gasteiger partial charge in [-0.3, -0.25) is 4.98 Å². The fourth-order valence-electron chi connectivity index (χ4n) is 4.16. The van der Waals surface area contributed by atoms with Gasteiger partial charge in [-0.25, -0.2) is 19.4 Å². The van der Waals surface area contributed by atoms with E-state index in [1.165, 1.54) is 7.11 Å². The molecule has 5 rings (SSSR count). The van der Waals surface area contributed by atoms with Crippen LogP contribution in [0.4, 0.5) is 23.1 Å². The number of fused-ring (bicyclic) bond motifs is 1. The number of ether oxygens (including phenoxy) is 1. The third-order valence-electron chi connectivity index (χ3n) is 6.82. The molecule has 0 saturated carbocycles. The first-order valence-electron chi connectivity index (χ1n) is 13.0. The van der Waals surface area contributed by atoms with E-state index in [0.717, 1.165) is 33.5 Å². The van der Waals surface area contributed by atoms with Crippen molar-refractivity contribution in [1.82, 2.24) is 15.0 Å². The van der Waals surface area contributed by atoms with Gasteiger partial charge in [0.15, 0.2) is 5.58 Å². The van der Waals surface area contributed by atoms with Crippen molar-refractivity contribution in [3.63, 3.8) is 0 Å². The second-order valence-electron chi connectivity index (χ2n) is 9.71. The summed E-state index contributed by atoms with van der Waals surface area (Å²) in [6.45, 7) is 9.41. The highest BCUT2D eigenvalue weighted by Crippen LogP contribution is 2.25. The molecule has 0 spiro atoms. The van der Waals surface area contributed by atoms with Gasteiger partial charge in [-0.15, -0.1) is 0 Å². The summed E-state index contributed by atoms with van der Waals surface area (Å²) in [4.78, 5) is 45.5. The summed E-state index contributed by atoms with van der Waals surface area (Å²) in [7, 11) is 1.36. The predicted octanol–water partition coefficient (Wildman–Crippen LogP) is 6.11. The molecule has 4 N–H and O–H groups in total. The van der Waals surface area contributed by atoms with Gasteiger partial charge in [0.1, 0.15) is 5.82 Å². The molecule has 0 amide bonds. The lowest BCUT2D eigenvalue weighted by Crippen LogP contribution is -2.07. The number of aromatic carboxylic acids is 1. The van der Waals surface area contributed by atoms with Gasteiger partial charge in [0, 0.05) is 23.1 Å². The minimum atomic E-state index is -0.855. The zero-order valence-corrected chi connectivity index (χ0v) is 24.1. The number of rotatable bonds is 6. The first-order chi connectivity index (χ1) is 20.0. The number of anilines is 4. The Morgan fingerprint density at radius 1 is 0.881 bits per heavy atom. The molecular weight excluding hydrogens is 538 g/mol. The predicted molar refractivity (Wildman–Crippen MR) is 160 cm³/mol. The van der Waals surface area contributed by atoms with Gasteiger partial charge < -0.3 is 24.9 Å². The van der Waals surface area contributed by atoms with Gasteiger partial charge >= 0.3 is 17.7 Å². The van der Waals surface area contributed by atoms with Crippen LogP contribution in [-0.4, -0.2) is 39.1 Å². The Labute approximate surface area is 241 Å². The summed E-state index contributed by atoms with van der Waals surface area (Å²) in [5.74, 6) is -0.795. The first-order valence-corrected chi connectivity index (χ1v) is 13.0. The van der Waals surface area contributed by atoms with E-state index in [9.17, 15) is 14.4 Å². The summed E-state index contributed by atoms with van der Waals surface area (Å²) in [6, 6.07) is 14.2. The van der Waals surface area contributed by atoms with Gasteiger partial charge in [-0.1, -0.05) is 12.1 Å². The third-order valence-corrected chi connectivity index (χ3v) is 6.82. The van der Waals surface area contributed by atoms with E-state index in [1.54, 1.807) is 42.6 Å². The van der Waals surface area contributed by atoms with E-state index in [-0.39, 0.29) is 0 Å². The van der Waals surface area contributed by atoms with Crippen molar-refractivity contribution in [2.24, 2.45) is 0 Å². The molecule has 11 heteroatoms.